The van der Waals surface area contributed by atoms with E-state index in [0.29, 0.717) is 11.3 Å². The maximum Gasteiger partial charge on any atom is 0.330 e. The summed E-state index contributed by atoms with van der Waals surface area (Å²) in [5, 5.41) is 12.2. The van der Waals surface area contributed by atoms with Crippen molar-refractivity contribution in [1.29, 1.82) is 0 Å². The Kier molecular flexibility index (Phi) is 4.35. The van der Waals surface area contributed by atoms with Crippen LogP contribution in [0.5, 0.6) is 0 Å². The Bertz CT molecular complexity index is 578. The van der Waals surface area contributed by atoms with Gasteiger partial charge in [-0.1, -0.05) is 31.2 Å². The number of nitrogens with one attached hydrogen (secondary N) is 1. The van der Waals surface area contributed by atoms with Crippen LogP contribution in [-0.2, 0) is 11.2 Å². The van der Waals surface area contributed by atoms with Crippen LogP contribution >= 0.6 is 0 Å². The van der Waals surface area contributed by atoms with Gasteiger partial charge in [-0.2, -0.15) is 0 Å². The average molecular weight is 273 g/mol. The molecule has 0 spiro atoms. The lowest BCUT2D eigenvalue weighted by atomic mass is 10.0. The molecule has 0 amide bonds. The molecule has 0 saturated heterocycles. The molecule has 0 aliphatic rings. The summed E-state index contributed by atoms with van der Waals surface area (Å²) in [7, 11) is 0. The van der Waals surface area contributed by atoms with Crippen molar-refractivity contribution in [1.82, 2.24) is 0 Å². The first-order valence-electron chi connectivity index (χ1n) is 6.44. The topological polar surface area (TPSA) is 49.3 Å². The van der Waals surface area contributed by atoms with E-state index in [1.807, 2.05) is 19.1 Å². The highest BCUT2D eigenvalue weighted by Gasteiger charge is 2.19. The zero-order valence-electron chi connectivity index (χ0n) is 11.1. The molecule has 0 fully saturated rings. The molecule has 0 radical (unpaired) electrons. The van der Waals surface area contributed by atoms with Gasteiger partial charge in [0, 0.05) is 5.69 Å². The summed E-state index contributed by atoms with van der Waals surface area (Å²) in [5.41, 5.74) is 2.39. The third kappa shape index (κ3) is 3.35. The highest BCUT2D eigenvalue weighted by Crippen LogP contribution is 2.21. The fourth-order valence-electron chi connectivity index (χ4n) is 1.95. The van der Waals surface area contributed by atoms with E-state index in [1.165, 1.54) is 24.3 Å². The van der Waals surface area contributed by atoms with Gasteiger partial charge in [-0.15, -0.1) is 0 Å². The molecule has 0 aliphatic heterocycles. The maximum absolute atomic E-state index is 12.8. The normalized spacial score (nSPS) is 11.9. The Morgan fingerprint density at radius 2 is 1.75 bits per heavy atom. The van der Waals surface area contributed by atoms with Gasteiger partial charge in [0.2, 0.25) is 0 Å². The third-order valence-electron chi connectivity index (χ3n) is 3.12. The number of rotatable bonds is 5. The Hall–Kier alpha value is -2.36. The van der Waals surface area contributed by atoms with Gasteiger partial charge < -0.3 is 10.4 Å². The number of hydrogen-bond donors (Lipinski definition) is 2. The summed E-state index contributed by atoms with van der Waals surface area (Å²) in [6.45, 7) is 2.04. The van der Waals surface area contributed by atoms with Crippen molar-refractivity contribution in [2.45, 2.75) is 19.4 Å². The summed E-state index contributed by atoms with van der Waals surface area (Å²) in [6, 6.07) is 12.2. The van der Waals surface area contributed by atoms with Crippen LogP contribution in [0.1, 0.15) is 24.1 Å². The lowest BCUT2D eigenvalue weighted by Crippen LogP contribution is -2.20. The van der Waals surface area contributed by atoms with Crippen LogP contribution in [0.2, 0.25) is 0 Å². The van der Waals surface area contributed by atoms with E-state index in [2.05, 4.69) is 5.32 Å². The summed E-state index contributed by atoms with van der Waals surface area (Å²) in [4.78, 5) is 11.4. The number of carbonyl (C=O) groups is 1. The second kappa shape index (κ2) is 6.19. The van der Waals surface area contributed by atoms with Crippen LogP contribution in [0.15, 0.2) is 48.5 Å². The van der Waals surface area contributed by atoms with E-state index in [0.717, 1.165) is 12.0 Å². The van der Waals surface area contributed by atoms with Crippen LogP contribution in [0, 0.1) is 5.82 Å². The largest absolute Gasteiger partial charge is 0.479 e. The zero-order valence-corrected chi connectivity index (χ0v) is 11.1. The lowest BCUT2D eigenvalue weighted by molar-refractivity contribution is -0.138. The summed E-state index contributed by atoms with van der Waals surface area (Å²) in [5.74, 6) is -1.33. The minimum atomic E-state index is -0.974. The fourth-order valence-corrected chi connectivity index (χ4v) is 1.95. The molecule has 2 aromatic rings. The van der Waals surface area contributed by atoms with Crippen molar-refractivity contribution in [3.05, 3.63) is 65.5 Å². The number of carboxylic acids is 1. The average Bonchev–Trinajstić information content (AvgIpc) is 2.46. The Labute approximate surface area is 117 Å². The molecule has 0 bridgehead atoms. The van der Waals surface area contributed by atoms with Crippen molar-refractivity contribution in [2.24, 2.45) is 0 Å². The monoisotopic (exact) mass is 273 g/mol. The predicted molar refractivity (Wildman–Crippen MR) is 76.2 cm³/mol. The molecule has 0 aromatic heterocycles. The standard InChI is InChI=1S/C16H16FNO2/c1-2-11-3-5-12(6-4-11)15(16(19)20)18-14-9-7-13(17)8-10-14/h3-10,15,18H,2H2,1H3,(H,19,20). The fraction of sp³-hybridized carbons (Fsp3) is 0.188. The SMILES string of the molecule is CCc1ccc(C(Nc2ccc(F)cc2)C(=O)O)cc1. The molecule has 104 valence electrons. The second-order valence-corrected chi connectivity index (χ2v) is 4.52. The van der Waals surface area contributed by atoms with Crippen LogP contribution in [0.4, 0.5) is 10.1 Å². The molecule has 1 atom stereocenters. The maximum atomic E-state index is 12.8. The second-order valence-electron chi connectivity index (χ2n) is 4.52. The van der Waals surface area contributed by atoms with Crippen molar-refractivity contribution >= 4 is 11.7 Å². The van der Waals surface area contributed by atoms with Gasteiger partial charge >= 0.3 is 5.97 Å². The van der Waals surface area contributed by atoms with Gasteiger partial charge in [0.05, 0.1) is 0 Å². The Balaban J connectivity index is 2.22. The molecule has 0 saturated carbocycles. The molecule has 1 unspecified atom stereocenters. The van der Waals surface area contributed by atoms with E-state index in [-0.39, 0.29) is 5.82 Å². The quantitative estimate of drug-likeness (QED) is 0.874. The van der Waals surface area contributed by atoms with Gasteiger partial charge in [-0.05, 0) is 41.8 Å². The molecule has 3 nitrogen and oxygen atoms in total. The molecule has 0 heterocycles. The number of aryl methyl sites for hydroxylation is 1. The molecule has 2 rings (SSSR count). The van der Waals surface area contributed by atoms with Gasteiger partial charge in [0.15, 0.2) is 6.04 Å². The summed E-state index contributed by atoms with van der Waals surface area (Å²) < 4.78 is 12.8. The zero-order chi connectivity index (χ0) is 14.5. The first kappa shape index (κ1) is 14.1. The lowest BCUT2D eigenvalue weighted by Gasteiger charge is -2.16. The minimum absolute atomic E-state index is 0.352. The van der Waals surface area contributed by atoms with Crippen molar-refractivity contribution < 1.29 is 14.3 Å². The molecule has 4 heteroatoms. The van der Waals surface area contributed by atoms with E-state index in [4.69, 9.17) is 0 Å². The molecule has 0 aliphatic carbocycles. The van der Waals surface area contributed by atoms with E-state index < -0.39 is 12.0 Å². The van der Waals surface area contributed by atoms with Crippen LogP contribution in [-0.4, -0.2) is 11.1 Å². The van der Waals surface area contributed by atoms with Gasteiger partial charge in [-0.3, -0.25) is 0 Å². The molecule has 20 heavy (non-hydrogen) atoms. The first-order chi connectivity index (χ1) is 9.60. The number of halogens is 1. The van der Waals surface area contributed by atoms with Crippen LogP contribution < -0.4 is 5.32 Å². The number of carboxylic acid groups (broad SMARTS) is 1. The van der Waals surface area contributed by atoms with Gasteiger partial charge in [-0.25, -0.2) is 9.18 Å². The van der Waals surface area contributed by atoms with E-state index >= 15 is 0 Å². The summed E-state index contributed by atoms with van der Waals surface area (Å²) in [6.07, 6.45) is 0.906. The summed E-state index contributed by atoms with van der Waals surface area (Å²) >= 11 is 0. The van der Waals surface area contributed by atoms with Crippen LogP contribution in [0.25, 0.3) is 0 Å². The predicted octanol–water partition coefficient (Wildman–Crippen LogP) is 3.63. The number of anilines is 1. The Morgan fingerprint density at radius 3 is 2.25 bits per heavy atom. The highest BCUT2D eigenvalue weighted by atomic mass is 19.1. The van der Waals surface area contributed by atoms with Crippen molar-refractivity contribution in [2.75, 3.05) is 5.32 Å². The minimum Gasteiger partial charge on any atom is -0.479 e. The first-order valence-corrected chi connectivity index (χ1v) is 6.44. The van der Waals surface area contributed by atoms with Crippen molar-refractivity contribution in [3.63, 3.8) is 0 Å². The van der Waals surface area contributed by atoms with Crippen LogP contribution in [0.3, 0.4) is 0 Å². The number of hydrogen-bond acceptors (Lipinski definition) is 2. The molecular formula is C16H16FNO2. The van der Waals surface area contributed by atoms with Gasteiger partial charge in [0.1, 0.15) is 5.82 Å². The number of aliphatic carboxylic acids is 1. The van der Waals surface area contributed by atoms with Crippen molar-refractivity contribution in [3.8, 4) is 0 Å². The van der Waals surface area contributed by atoms with Gasteiger partial charge in [0.25, 0.3) is 0 Å². The smallest absolute Gasteiger partial charge is 0.330 e. The van der Waals surface area contributed by atoms with E-state index in [9.17, 15) is 14.3 Å². The van der Waals surface area contributed by atoms with E-state index in [1.54, 1.807) is 12.1 Å². The highest BCUT2D eigenvalue weighted by molar-refractivity contribution is 5.79. The molecule has 2 aromatic carbocycles. The molecular weight excluding hydrogens is 257 g/mol. The number of benzene rings is 2. The third-order valence-corrected chi connectivity index (χ3v) is 3.12. The Morgan fingerprint density at radius 1 is 1.15 bits per heavy atom. The molecule has 2 N–H and O–H groups in total.